The average Bonchev–Trinajstić information content (AvgIpc) is 2.35. The molecule has 18 heavy (non-hydrogen) atoms. The van der Waals surface area contributed by atoms with Gasteiger partial charge >= 0.3 is 6.01 Å². The predicted molar refractivity (Wildman–Crippen MR) is 73.1 cm³/mol. The molecule has 0 aliphatic heterocycles. The molecule has 1 atom stereocenters. The van der Waals surface area contributed by atoms with Gasteiger partial charge in [-0.3, -0.25) is 0 Å². The first-order chi connectivity index (χ1) is 8.56. The van der Waals surface area contributed by atoms with Crippen LogP contribution in [-0.4, -0.2) is 34.6 Å². The summed E-state index contributed by atoms with van der Waals surface area (Å²) in [7, 11) is 1.55. The van der Waals surface area contributed by atoms with Crippen LogP contribution >= 0.6 is 0 Å². The van der Waals surface area contributed by atoms with Crippen LogP contribution in [0.15, 0.2) is 0 Å². The van der Waals surface area contributed by atoms with Crippen LogP contribution in [0.4, 0.5) is 11.9 Å². The summed E-state index contributed by atoms with van der Waals surface area (Å²) in [6.45, 7) is 9.30. The molecule has 0 saturated carbocycles. The van der Waals surface area contributed by atoms with E-state index >= 15 is 0 Å². The molecule has 1 unspecified atom stereocenters. The standard InChI is InChI=1S/C12H23N5O/c1-6-7-13-10-15-11(14-9(4)8(2)3)17-12(16-10)18-5/h8-9H,6-7H2,1-5H3,(H2,13,14,15,16,17). The van der Waals surface area contributed by atoms with E-state index in [1.165, 1.54) is 0 Å². The van der Waals surface area contributed by atoms with Gasteiger partial charge in [0.2, 0.25) is 11.9 Å². The van der Waals surface area contributed by atoms with Gasteiger partial charge in [0.25, 0.3) is 0 Å². The third kappa shape index (κ3) is 4.35. The van der Waals surface area contributed by atoms with E-state index in [1.807, 2.05) is 0 Å². The highest BCUT2D eigenvalue weighted by Gasteiger charge is 2.11. The van der Waals surface area contributed by atoms with Crippen molar-refractivity contribution in [1.29, 1.82) is 0 Å². The van der Waals surface area contributed by atoms with E-state index in [0.717, 1.165) is 13.0 Å². The van der Waals surface area contributed by atoms with Crippen molar-refractivity contribution in [3.8, 4) is 6.01 Å². The number of ether oxygens (including phenoxy) is 1. The van der Waals surface area contributed by atoms with Crippen molar-refractivity contribution in [2.75, 3.05) is 24.3 Å². The molecule has 0 aromatic carbocycles. The molecule has 0 amide bonds. The van der Waals surface area contributed by atoms with E-state index in [9.17, 15) is 0 Å². The van der Waals surface area contributed by atoms with Crippen LogP contribution in [0.2, 0.25) is 0 Å². The van der Waals surface area contributed by atoms with E-state index in [1.54, 1.807) is 7.11 Å². The summed E-state index contributed by atoms with van der Waals surface area (Å²) in [6, 6.07) is 0.609. The lowest BCUT2D eigenvalue weighted by Crippen LogP contribution is -2.23. The van der Waals surface area contributed by atoms with Crippen LogP contribution in [0, 0.1) is 5.92 Å². The van der Waals surface area contributed by atoms with Gasteiger partial charge in [-0.1, -0.05) is 20.8 Å². The second-order valence-electron chi connectivity index (χ2n) is 4.57. The molecule has 0 aliphatic carbocycles. The van der Waals surface area contributed by atoms with Crippen molar-refractivity contribution < 1.29 is 4.74 Å². The number of aromatic nitrogens is 3. The van der Waals surface area contributed by atoms with Crippen LogP contribution < -0.4 is 15.4 Å². The van der Waals surface area contributed by atoms with Crippen molar-refractivity contribution in [3.05, 3.63) is 0 Å². The molecule has 0 bridgehead atoms. The molecular formula is C12H23N5O. The molecule has 0 fully saturated rings. The first-order valence-corrected chi connectivity index (χ1v) is 6.37. The first-order valence-electron chi connectivity index (χ1n) is 6.37. The van der Waals surface area contributed by atoms with E-state index in [0.29, 0.717) is 23.8 Å². The van der Waals surface area contributed by atoms with Gasteiger partial charge in [-0.05, 0) is 19.3 Å². The minimum absolute atomic E-state index is 0.288. The summed E-state index contributed by atoms with van der Waals surface area (Å²) in [6.07, 6.45) is 1.01. The molecule has 1 aromatic rings. The number of methoxy groups -OCH3 is 1. The minimum Gasteiger partial charge on any atom is -0.467 e. The van der Waals surface area contributed by atoms with Gasteiger partial charge < -0.3 is 15.4 Å². The number of rotatable bonds is 7. The second kappa shape index (κ2) is 6.98. The Balaban J connectivity index is 2.82. The zero-order chi connectivity index (χ0) is 13.5. The number of nitrogens with zero attached hydrogens (tertiary/aromatic N) is 3. The molecule has 0 saturated heterocycles. The van der Waals surface area contributed by atoms with Crippen LogP contribution in [0.3, 0.4) is 0 Å². The number of nitrogens with one attached hydrogen (secondary N) is 2. The van der Waals surface area contributed by atoms with E-state index < -0.39 is 0 Å². The van der Waals surface area contributed by atoms with Crippen molar-refractivity contribution in [2.24, 2.45) is 5.92 Å². The topological polar surface area (TPSA) is 72.0 Å². The Labute approximate surface area is 109 Å². The van der Waals surface area contributed by atoms with Crippen molar-refractivity contribution in [3.63, 3.8) is 0 Å². The van der Waals surface area contributed by atoms with Crippen LogP contribution in [-0.2, 0) is 0 Å². The van der Waals surface area contributed by atoms with E-state index in [4.69, 9.17) is 4.74 Å². The van der Waals surface area contributed by atoms with Gasteiger partial charge in [0, 0.05) is 12.6 Å². The third-order valence-electron chi connectivity index (χ3n) is 2.69. The van der Waals surface area contributed by atoms with Crippen molar-refractivity contribution in [1.82, 2.24) is 15.0 Å². The summed E-state index contributed by atoms with van der Waals surface area (Å²) in [5.41, 5.74) is 0. The number of anilines is 2. The molecule has 6 nitrogen and oxygen atoms in total. The quantitative estimate of drug-likeness (QED) is 0.776. The summed E-state index contributed by atoms with van der Waals surface area (Å²) in [5, 5.41) is 6.38. The predicted octanol–water partition coefficient (Wildman–Crippen LogP) is 2.16. The van der Waals surface area contributed by atoms with Gasteiger partial charge in [-0.25, -0.2) is 0 Å². The largest absolute Gasteiger partial charge is 0.467 e. The smallest absolute Gasteiger partial charge is 0.322 e. The van der Waals surface area contributed by atoms with E-state index in [2.05, 4.69) is 53.3 Å². The van der Waals surface area contributed by atoms with Gasteiger partial charge in [-0.2, -0.15) is 15.0 Å². The highest BCUT2D eigenvalue weighted by molar-refractivity contribution is 5.36. The lowest BCUT2D eigenvalue weighted by molar-refractivity contribution is 0.379. The minimum atomic E-state index is 0.288. The molecule has 1 aromatic heterocycles. The SMILES string of the molecule is CCCNc1nc(NC(C)C(C)C)nc(OC)n1. The fraction of sp³-hybridized carbons (Fsp3) is 0.750. The zero-order valence-electron chi connectivity index (χ0n) is 11.8. The molecule has 102 valence electrons. The monoisotopic (exact) mass is 253 g/mol. The molecule has 1 rings (SSSR count). The molecule has 6 heteroatoms. The summed E-state index contributed by atoms with van der Waals surface area (Å²) >= 11 is 0. The molecule has 0 spiro atoms. The maximum atomic E-state index is 5.08. The number of hydrogen-bond acceptors (Lipinski definition) is 6. The highest BCUT2D eigenvalue weighted by Crippen LogP contribution is 2.13. The fourth-order valence-corrected chi connectivity index (χ4v) is 1.20. The van der Waals surface area contributed by atoms with E-state index in [-0.39, 0.29) is 6.04 Å². The van der Waals surface area contributed by atoms with Crippen LogP contribution in [0.1, 0.15) is 34.1 Å². The average molecular weight is 253 g/mol. The van der Waals surface area contributed by atoms with Gasteiger partial charge in [0.05, 0.1) is 7.11 Å². The summed E-state index contributed by atoms with van der Waals surface area (Å²) < 4.78 is 5.08. The highest BCUT2D eigenvalue weighted by atomic mass is 16.5. The van der Waals surface area contributed by atoms with Gasteiger partial charge in [-0.15, -0.1) is 0 Å². The van der Waals surface area contributed by atoms with Crippen molar-refractivity contribution >= 4 is 11.9 Å². The van der Waals surface area contributed by atoms with Crippen molar-refractivity contribution in [2.45, 2.75) is 40.2 Å². The Morgan fingerprint density at radius 2 is 1.78 bits per heavy atom. The Morgan fingerprint density at radius 3 is 2.33 bits per heavy atom. The summed E-state index contributed by atoms with van der Waals surface area (Å²) in [4.78, 5) is 12.6. The second-order valence-corrected chi connectivity index (χ2v) is 4.57. The lowest BCUT2D eigenvalue weighted by atomic mass is 10.1. The molecule has 1 heterocycles. The van der Waals surface area contributed by atoms with Gasteiger partial charge in [0.1, 0.15) is 0 Å². The lowest BCUT2D eigenvalue weighted by Gasteiger charge is -2.17. The molecule has 0 aliphatic rings. The normalized spacial score (nSPS) is 12.3. The molecule has 2 N–H and O–H groups in total. The summed E-state index contributed by atoms with van der Waals surface area (Å²) in [5.74, 6) is 1.59. The Kier molecular flexibility index (Phi) is 5.61. The Bertz CT molecular complexity index is 369. The maximum absolute atomic E-state index is 5.08. The van der Waals surface area contributed by atoms with Crippen LogP contribution in [0.5, 0.6) is 6.01 Å². The number of hydrogen-bond donors (Lipinski definition) is 2. The molecule has 0 radical (unpaired) electrons. The molecular weight excluding hydrogens is 230 g/mol. The third-order valence-corrected chi connectivity index (χ3v) is 2.69. The maximum Gasteiger partial charge on any atom is 0.322 e. The Morgan fingerprint density at radius 1 is 1.11 bits per heavy atom. The van der Waals surface area contributed by atoms with Gasteiger partial charge in [0.15, 0.2) is 0 Å². The zero-order valence-corrected chi connectivity index (χ0v) is 11.8. The fourth-order valence-electron chi connectivity index (χ4n) is 1.20. The Hall–Kier alpha value is -1.59. The van der Waals surface area contributed by atoms with Crippen LogP contribution in [0.25, 0.3) is 0 Å². The first kappa shape index (κ1) is 14.5.